The molecule has 0 atom stereocenters. The minimum atomic E-state index is -0.625. The highest BCUT2D eigenvalue weighted by molar-refractivity contribution is 6.43. The van der Waals surface area contributed by atoms with E-state index in [0.29, 0.717) is 16.8 Å². The van der Waals surface area contributed by atoms with Gasteiger partial charge in [-0.15, -0.1) is 0 Å². The van der Waals surface area contributed by atoms with Crippen molar-refractivity contribution in [3.63, 3.8) is 0 Å². The van der Waals surface area contributed by atoms with Gasteiger partial charge in [0.2, 0.25) is 0 Å². The predicted molar refractivity (Wildman–Crippen MR) is 111 cm³/mol. The number of carbonyl (C=O) groups is 2. The van der Waals surface area contributed by atoms with Crippen LogP contribution in [-0.2, 0) is 30.6 Å². The fourth-order valence-electron chi connectivity index (χ4n) is 4.02. The third kappa shape index (κ3) is 3.54. The number of hydrogen-bond acceptors (Lipinski definition) is 7. The largest absolute Gasteiger partial charge is 0.464 e. The molecule has 0 bridgehead atoms. The SMILES string of the molecule is CO/N=C(/C(=O)OC)c1ccccc1CO/N=C(\C)C(=O)C1(C)C(C)(C)C1(C)C. The number of benzene rings is 1. The van der Waals surface area contributed by atoms with Crippen LogP contribution in [-0.4, -0.2) is 37.4 Å². The lowest BCUT2D eigenvalue weighted by atomic mass is 9.89. The average Bonchev–Trinajstić information content (AvgIpc) is 3.02. The molecule has 0 N–H and O–H groups in total. The summed E-state index contributed by atoms with van der Waals surface area (Å²) in [7, 11) is 2.62. The monoisotopic (exact) mass is 402 g/mol. The summed E-state index contributed by atoms with van der Waals surface area (Å²) < 4.78 is 4.77. The maximum Gasteiger partial charge on any atom is 0.360 e. The zero-order chi connectivity index (χ0) is 22.0. The van der Waals surface area contributed by atoms with Crippen LogP contribution in [0.15, 0.2) is 34.6 Å². The molecule has 1 aromatic rings. The Morgan fingerprint density at radius 2 is 1.55 bits per heavy atom. The molecule has 158 valence electrons. The van der Waals surface area contributed by atoms with Crippen LogP contribution in [0.25, 0.3) is 0 Å². The molecule has 0 spiro atoms. The number of Topliss-reactive ketones (excluding diaryl/α,β-unsaturated/α-hetero) is 1. The van der Waals surface area contributed by atoms with E-state index < -0.39 is 11.4 Å². The molecule has 0 aliphatic heterocycles. The summed E-state index contributed by atoms with van der Waals surface area (Å²) >= 11 is 0. The number of hydrogen-bond donors (Lipinski definition) is 0. The van der Waals surface area contributed by atoms with Crippen LogP contribution in [0.3, 0.4) is 0 Å². The van der Waals surface area contributed by atoms with Crippen LogP contribution in [0.4, 0.5) is 0 Å². The molecule has 7 nitrogen and oxygen atoms in total. The first-order chi connectivity index (χ1) is 13.5. The third-order valence-electron chi connectivity index (χ3n) is 7.04. The highest BCUT2D eigenvalue weighted by Crippen LogP contribution is 2.77. The van der Waals surface area contributed by atoms with Gasteiger partial charge in [-0.1, -0.05) is 69.2 Å². The lowest BCUT2D eigenvalue weighted by Gasteiger charge is -2.14. The van der Waals surface area contributed by atoms with E-state index in [9.17, 15) is 9.59 Å². The predicted octanol–water partition coefficient (Wildman–Crippen LogP) is 3.74. The van der Waals surface area contributed by atoms with Gasteiger partial charge in [0, 0.05) is 16.5 Å². The Kier molecular flexibility index (Phi) is 6.21. The van der Waals surface area contributed by atoms with Gasteiger partial charge in [0.1, 0.15) is 19.4 Å². The molecule has 0 radical (unpaired) electrons. The summed E-state index contributed by atoms with van der Waals surface area (Å²) in [6.45, 7) is 12.1. The molecule has 2 rings (SSSR count). The van der Waals surface area contributed by atoms with Crippen molar-refractivity contribution in [2.24, 2.45) is 26.6 Å². The van der Waals surface area contributed by atoms with Gasteiger partial charge >= 0.3 is 5.97 Å². The van der Waals surface area contributed by atoms with Crippen LogP contribution in [0.2, 0.25) is 0 Å². The molecule has 0 saturated heterocycles. The van der Waals surface area contributed by atoms with Crippen molar-refractivity contribution in [3.8, 4) is 0 Å². The van der Waals surface area contributed by atoms with Crippen LogP contribution in [0.5, 0.6) is 0 Å². The Bertz CT molecular complexity index is 854. The van der Waals surface area contributed by atoms with E-state index in [2.05, 4.69) is 38.0 Å². The average molecular weight is 402 g/mol. The number of oxime groups is 2. The second-order valence-corrected chi connectivity index (χ2v) is 8.43. The Morgan fingerprint density at radius 3 is 2.07 bits per heavy atom. The van der Waals surface area contributed by atoms with E-state index in [4.69, 9.17) is 14.4 Å². The number of esters is 1. The first-order valence-corrected chi connectivity index (χ1v) is 9.46. The molecule has 29 heavy (non-hydrogen) atoms. The number of rotatable bonds is 8. The molecule has 1 aliphatic carbocycles. The Balaban J connectivity index is 2.18. The number of ether oxygens (including phenoxy) is 1. The van der Waals surface area contributed by atoms with Gasteiger partial charge in [-0.05, 0) is 17.8 Å². The quantitative estimate of drug-likeness (QED) is 0.375. The molecule has 7 heteroatoms. The van der Waals surface area contributed by atoms with Crippen LogP contribution >= 0.6 is 0 Å². The first-order valence-electron chi connectivity index (χ1n) is 9.46. The molecular formula is C22H30N2O5. The van der Waals surface area contributed by atoms with Gasteiger partial charge < -0.3 is 14.4 Å². The molecule has 1 aromatic carbocycles. The molecular weight excluding hydrogens is 372 g/mol. The van der Waals surface area contributed by atoms with Crippen molar-refractivity contribution in [2.45, 2.75) is 48.1 Å². The summed E-state index contributed by atoms with van der Waals surface area (Å²) in [5, 5.41) is 7.81. The van der Waals surface area contributed by atoms with Crippen molar-refractivity contribution in [1.82, 2.24) is 0 Å². The fraction of sp³-hybridized carbons (Fsp3) is 0.545. The maximum absolute atomic E-state index is 13.0. The van der Waals surface area contributed by atoms with Crippen LogP contribution in [0.1, 0.15) is 52.7 Å². The van der Waals surface area contributed by atoms with Gasteiger partial charge in [-0.25, -0.2) is 4.79 Å². The lowest BCUT2D eigenvalue weighted by molar-refractivity contribution is -0.132. The third-order valence-corrected chi connectivity index (χ3v) is 7.04. The summed E-state index contributed by atoms with van der Waals surface area (Å²) in [6, 6.07) is 7.07. The number of carbonyl (C=O) groups excluding carboxylic acids is 2. The topological polar surface area (TPSA) is 86.6 Å². The molecule has 1 aliphatic rings. The first kappa shape index (κ1) is 22.6. The number of nitrogens with zero attached hydrogens (tertiary/aromatic N) is 2. The van der Waals surface area contributed by atoms with E-state index in [1.54, 1.807) is 25.1 Å². The van der Waals surface area contributed by atoms with E-state index >= 15 is 0 Å². The lowest BCUT2D eigenvalue weighted by Crippen LogP contribution is -2.26. The van der Waals surface area contributed by atoms with Gasteiger partial charge in [0.15, 0.2) is 11.5 Å². The number of ketones is 1. The standard InChI is InChI=1S/C22H30N2O5/c1-14(18(25)22(6)20(2,3)21(22,4)5)23-29-13-15-11-9-10-12-16(15)17(24-28-8)19(26)27-7/h9-12H,13H2,1-8H3/b23-14+,24-17+. The van der Waals surface area contributed by atoms with E-state index in [1.165, 1.54) is 14.2 Å². The molecule has 0 unspecified atom stereocenters. The van der Waals surface area contributed by atoms with Crippen molar-refractivity contribution < 1.29 is 24.0 Å². The molecule has 0 amide bonds. The number of methoxy groups -OCH3 is 1. The zero-order valence-corrected chi connectivity index (χ0v) is 18.5. The van der Waals surface area contributed by atoms with Gasteiger partial charge in [-0.3, -0.25) is 4.79 Å². The summed E-state index contributed by atoms with van der Waals surface area (Å²) in [5.41, 5.74) is 0.798. The van der Waals surface area contributed by atoms with Crippen LogP contribution in [0, 0.1) is 16.2 Å². The minimum Gasteiger partial charge on any atom is -0.464 e. The van der Waals surface area contributed by atoms with E-state index in [1.807, 2.05) is 13.0 Å². The van der Waals surface area contributed by atoms with Gasteiger partial charge in [0.25, 0.3) is 0 Å². The highest BCUT2D eigenvalue weighted by Gasteiger charge is 2.77. The molecule has 0 aromatic heterocycles. The maximum atomic E-state index is 13.0. The summed E-state index contributed by atoms with van der Waals surface area (Å²) in [5.74, 6) is -0.641. The molecule has 1 saturated carbocycles. The Morgan fingerprint density at radius 1 is 0.966 bits per heavy atom. The summed E-state index contributed by atoms with van der Waals surface area (Å²) in [4.78, 5) is 35.2. The van der Waals surface area contributed by atoms with Crippen molar-refractivity contribution in [3.05, 3.63) is 35.4 Å². The highest BCUT2D eigenvalue weighted by atomic mass is 16.6. The van der Waals surface area contributed by atoms with Crippen molar-refractivity contribution in [2.75, 3.05) is 14.2 Å². The van der Waals surface area contributed by atoms with Gasteiger partial charge in [-0.2, -0.15) is 0 Å². The van der Waals surface area contributed by atoms with Gasteiger partial charge in [0.05, 0.1) is 7.11 Å². The normalized spacial score (nSPS) is 19.3. The smallest absolute Gasteiger partial charge is 0.360 e. The minimum absolute atomic E-state index is 0.0167. The second kappa shape index (κ2) is 7.97. The second-order valence-electron chi connectivity index (χ2n) is 8.43. The Labute approximate surface area is 172 Å². The summed E-state index contributed by atoms with van der Waals surface area (Å²) in [6.07, 6.45) is 0. The zero-order valence-electron chi connectivity index (χ0n) is 18.5. The van der Waals surface area contributed by atoms with Crippen molar-refractivity contribution in [1.29, 1.82) is 0 Å². The molecule has 0 heterocycles. The van der Waals surface area contributed by atoms with Crippen molar-refractivity contribution >= 4 is 23.2 Å². The van der Waals surface area contributed by atoms with E-state index in [-0.39, 0.29) is 28.9 Å². The fourth-order valence-corrected chi connectivity index (χ4v) is 4.02. The Hall–Kier alpha value is -2.70. The molecule has 1 fully saturated rings. The van der Waals surface area contributed by atoms with E-state index in [0.717, 1.165) is 0 Å². The van der Waals surface area contributed by atoms with Crippen LogP contribution < -0.4 is 0 Å².